The molecule has 2 aromatic rings. The number of ether oxygens (including phenoxy) is 1. The molecule has 0 aliphatic heterocycles. The van der Waals surface area contributed by atoms with Gasteiger partial charge in [0.25, 0.3) is 5.91 Å². The van der Waals surface area contributed by atoms with Gasteiger partial charge in [0.1, 0.15) is 5.75 Å². The first-order valence-corrected chi connectivity index (χ1v) is 8.46. The molecule has 1 aliphatic carbocycles. The molecule has 0 bridgehead atoms. The number of amides is 1. The van der Waals surface area contributed by atoms with Gasteiger partial charge >= 0.3 is 0 Å². The molecule has 24 heavy (non-hydrogen) atoms. The number of aryl methyl sites for hydroxylation is 1. The van der Waals surface area contributed by atoms with Crippen molar-refractivity contribution in [2.75, 3.05) is 6.61 Å². The Morgan fingerprint density at radius 3 is 2.88 bits per heavy atom. The second kappa shape index (κ2) is 7.82. The van der Waals surface area contributed by atoms with Gasteiger partial charge in [0.15, 0.2) is 6.61 Å². The van der Waals surface area contributed by atoms with Crippen LogP contribution in [0.5, 0.6) is 5.75 Å². The zero-order valence-electron chi connectivity index (χ0n) is 13.8. The van der Waals surface area contributed by atoms with Crippen molar-refractivity contribution in [2.24, 2.45) is 0 Å². The number of benzene rings is 2. The number of nitrogens with one attached hydrogen (secondary N) is 1. The Bertz CT molecular complexity index is 723. The van der Waals surface area contributed by atoms with Crippen LogP contribution in [-0.2, 0) is 17.6 Å². The number of hydrogen-bond donors (Lipinski definition) is 1. The van der Waals surface area contributed by atoms with Crippen LogP contribution in [0.3, 0.4) is 0 Å². The van der Waals surface area contributed by atoms with Crippen molar-refractivity contribution in [1.29, 1.82) is 0 Å². The molecule has 0 radical (unpaired) electrons. The second-order valence-electron chi connectivity index (χ2n) is 6.10. The van der Waals surface area contributed by atoms with Crippen LogP contribution in [0.25, 0.3) is 0 Å². The Balaban J connectivity index is 1.60. The molecule has 3 rings (SSSR count). The molecule has 0 fully saturated rings. The summed E-state index contributed by atoms with van der Waals surface area (Å²) in [4.78, 5) is 12.3. The maximum atomic E-state index is 12.3. The van der Waals surface area contributed by atoms with Crippen LogP contribution in [0.1, 0.15) is 35.6 Å². The molecule has 0 spiro atoms. The molecule has 0 aromatic heterocycles. The van der Waals surface area contributed by atoms with E-state index in [1.807, 2.05) is 36.4 Å². The highest BCUT2D eigenvalue weighted by Gasteiger charge is 2.21. The number of para-hydroxylation sites is 1. The fourth-order valence-corrected chi connectivity index (χ4v) is 3.25. The lowest BCUT2D eigenvalue weighted by molar-refractivity contribution is -0.124. The van der Waals surface area contributed by atoms with Crippen LogP contribution >= 0.6 is 0 Å². The molecule has 0 saturated heterocycles. The normalized spacial score (nSPS) is 16.1. The molecule has 2 aromatic carbocycles. The van der Waals surface area contributed by atoms with E-state index in [1.54, 1.807) is 0 Å². The first kappa shape index (κ1) is 16.3. The lowest BCUT2D eigenvalue weighted by Gasteiger charge is -2.26. The number of fused-ring (bicyclic) bond motifs is 1. The second-order valence-corrected chi connectivity index (χ2v) is 6.10. The number of carbonyl (C=O) groups is 1. The number of allylic oxidation sites excluding steroid dienone is 1. The van der Waals surface area contributed by atoms with E-state index in [1.165, 1.54) is 11.1 Å². The third-order valence-corrected chi connectivity index (χ3v) is 4.40. The quantitative estimate of drug-likeness (QED) is 0.817. The minimum absolute atomic E-state index is 0.0345. The first-order chi connectivity index (χ1) is 11.8. The Morgan fingerprint density at radius 1 is 1.21 bits per heavy atom. The number of carbonyl (C=O) groups excluding carboxylic acids is 1. The molecule has 1 amide bonds. The Kier molecular flexibility index (Phi) is 5.32. The molecule has 3 nitrogen and oxygen atoms in total. The minimum atomic E-state index is -0.0786. The number of hydrogen-bond acceptors (Lipinski definition) is 2. The van der Waals surface area contributed by atoms with Gasteiger partial charge < -0.3 is 10.1 Å². The fraction of sp³-hybridized carbons (Fsp3) is 0.286. The SMILES string of the molecule is C=CCc1ccccc1OCC(=O)N[C@@H]1CCCc2ccccc21. The highest BCUT2D eigenvalue weighted by Crippen LogP contribution is 2.29. The molecular formula is C21H23NO2. The largest absolute Gasteiger partial charge is 0.483 e. The van der Waals surface area contributed by atoms with E-state index in [2.05, 4.69) is 30.1 Å². The highest BCUT2D eigenvalue weighted by atomic mass is 16.5. The minimum Gasteiger partial charge on any atom is -0.483 e. The van der Waals surface area contributed by atoms with Gasteiger partial charge in [0.2, 0.25) is 0 Å². The molecule has 0 saturated carbocycles. The van der Waals surface area contributed by atoms with Gasteiger partial charge in [0.05, 0.1) is 6.04 Å². The third-order valence-electron chi connectivity index (χ3n) is 4.40. The molecule has 1 aliphatic rings. The van der Waals surface area contributed by atoms with Crippen LogP contribution in [0.15, 0.2) is 61.2 Å². The highest BCUT2D eigenvalue weighted by molar-refractivity contribution is 5.78. The molecule has 3 heteroatoms. The van der Waals surface area contributed by atoms with E-state index in [0.717, 1.165) is 37.0 Å². The van der Waals surface area contributed by atoms with Gasteiger partial charge in [-0.25, -0.2) is 0 Å². The molecule has 0 heterocycles. The summed E-state index contributed by atoms with van der Waals surface area (Å²) in [5.41, 5.74) is 3.62. The van der Waals surface area contributed by atoms with Gasteiger partial charge in [-0.3, -0.25) is 4.79 Å². The van der Waals surface area contributed by atoms with Crippen LogP contribution in [0, 0.1) is 0 Å². The van der Waals surface area contributed by atoms with Crippen LogP contribution in [0.2, 0.25) is 0 Å². The molecule has 124 valence electrons. The Labute approximate surface area is 143 Å². The molecule has 1 N–H and O–H groups in total. The standard InChI is InChI=1S/C21H23NO2/c1-2-8-17-10-4-6-14-20(17)24-15-21(23)22-19-13-7-11-16-9-3-5-12-18(16)19/h2-6,9-10,12,14,19H,1,7-8,11,13,15H2,(H,22,23)/t19-/m1/s1. The molecular weight excluding hydrogens is 298 g/mol. The lowest BCUT2D eigenvalue weighted by atomic mass is 9.88. The van der Waals surface area contributed by atoms with Crippen molar-refractivity contribution >= 4 is 5.91 Å². The summed E-state index contributed by atoms with van der Waals surface area (Å²) in [5, 5.41) is 3.11. The van der Waals surface area contributed by atoms with Crippen LogP contribution < -0.4 is 10.1 Å². The summed E-state index contributed by atoms with van der Waals surface area (Å²) < 4.78 is 5.72. The Hall–Kier alpha value is -2.55. The average molecular weight is 321 g/mol. The smallest absolute Gasteiger partial charge is 0.258 e. The van der Waals surface area contributed by atoms with E-state index in [0.29, 0.717) is 0 Å². The van der Waals surface area contributed by atoms with Gasteiger partial charge in [-0.05, 0) is 48.4 Å². The van der Waals surface area contributed by atoms with Crippen molar-refractivity contribution in [1.82, 2.24) is 5.32 Å². The van der Waals surface area contributed by atoms with Gasteiger partial charge in [-0.1, -0.05) is 48.5 Å². The summed E-state index contributed by atoms with van der Waals surface area (Å²) in [6, 6.07) is 16.2. The van der Waals surface area contributed by atoms with Gasteiger partial charge in [-0.2, -0.15) is 0 Å². The van der Waals surface area contributed by atoms with Gasteiger partial charge in [-0.15, -0.1) is 6.58 Å². The summed E-state index contributed by atoms with van der Waals surface area (Å²) >= 11 is 0. The van der Waals surface area contributed by atoms with Crippen molar-refractivity contribution in [3.63, 3.8) is 0 Å². The average Bonchev–Trinajstić information content (AvgIpc) is 2.62. The van der Waals surface area contributed by atoms with Crippen molar-refractivity contribution < 1.29 is 9.53 Å². The maximum Gasteiger partial charge on any atom is 0.258 e. The number of rotatable bonds is 6. The van der Waals surface area contributed by atoms with Gasteiger partial charge in [0, 0.05) is 0 Å². The summed E-state index contributed by atoms with van der Waals surface area (Å²) in [5.74, 6) is 0.668. The lowest BCUT2D eigenvalue weighted by Crippen LogP contribution is -2.34. The fourth-order valence-electron chi connectivity index (χ4n) is 3.25. The third kappa shape index (κ3) is 3.85. The summed E-state index contributed by atoms with van der Waals surface area (Å²) in [6.07, 6.45) is 5.74. The van der Waals surface area contributed by atoms with Crippen molar-refractivity contribution in [2.45, 2.75) is 31.7 Å². The zero-order valence-corrected chi connectivity index (χ0v) is 13.8. The van der Waals surface area contributed by atoms with Crippen molar-refractivity contribution in [3.8, 4) is 5.75 Å². The van der Waals surface area contributed by atoms with Crippen LogP contribution in [0.4, 0.5) is 0 Å². The predicted molar refractivity (Wildman–Crippen MR) is 96.1 cm³/mol. The Morgan fingerprint density at radius 2 is 2.00 bits per heavy atom. The van der Waals surface area contributed by atoms with E-state index >= 15 is 0 Å². The zero-order chi connectivity index (χ0) is 16.8. The summed E-state index contributed by atoms with van der Waals surface area (Å²) in [6.45, 7) is 3.79. The van der Waals surface area contributed by atoms with E-state index in [4.69, 9.17) is 4.74 Å². The molecule has 1 atom stereocenters. The van der Waals surface area contributed by atoms with E-state index in [-0.39, 0.29) is 18.6 Å². The summed E-state index contributed by atoms with van der Waals surface area (Å²) in [7, 11) is 0. The molecule has 0 unspecified atom stereocenters. The topological polar surface area (TPSA) is 38.3 Å². The maximum absolute atomic E-state index is 12.3. The van der Waals surface area contributed by atoms with Crippen molar-refractivity contribution in [3.05, 3.63) is 77.9 Å². The van der Waals surface area contributed by atoms with E-state index in [9.17, 15) is 4.79 Å². The predicted octanol–water partition coefficient (Wildman–Crippen LogP) is 3.99. The monoisotopic (exact) mass is 321 g/mol. The van der Waals surface area contributed by atoms with Crippen LogP contribution in [-0.4, -0.2) is 12.5 Å². The van der Waals surface area contributed by atoms with E-state index < -0.39 is 0 Å². The first-order valence-electron chi connectivity index (χ1n) is 8.46.